The SMILES string of the molecule is C=C(C)COc1cccc(NC(=O)NCC2(O)CCCCCC2)c1. The maximum absolute atomic E-state index is 12.1. The lowest BCUT2D eigenvalue weighted by Crippen LogP contribution is -2.44. The number of benzene rings is 1. The molecule has 2 amide bonds. The Morgan fingerprint density at radius 1 is 1.29 bits per heavy atom. The monoisotopic (exact) mass is 332 g/mol. The Morgan fingerprint density at radius 3 is 2.67 bits per heavy atom. The van der Waals surface area contributed by atoms with Gasteiger partial charge >= 0.3 is 6.03 Å². The van der Waals surface area contributed by atoms with Gasteiger partial charge in [-0.15, -0.1) is 0 Å². The fraction of sp³-hybridized carbons (Fsp3) is 0.526. The van der Waals surface area contributed by atoms with E-state index in [4.69, 9.17) is 4.74 Å². The third kappa shape index (κ3) is 6.24. The molecule has 0 unspecified atom stereocenters. The topological polar surface area (TPSA) is 70.6 Å². The van der Waals surface area contributed by atoms with Crippen molar-refractivity contribution in [3.63, 3.8) is 0 Å². The normalized spacial score (nSPS) is 16.8. The molecule has 24 heavy (non-hydrogen) atoms. The van der Waals surface area contributed by atoms with E-state index >= 15 is 0 Å². The smallest absolute Gasteiger partial charge is 0.319 e. The second kappa shape index (κ2) is 8.73. The van der Waals surface area contributed by atoms with E-state index < -0.39 is 5.60 Å². The summed E-state index contributed by atoms with van der Waals surface area (Å²) in [4.78, 5) is 12.1. The Balaban J connectivity index is 1.83. The van der Waals surface area contributed by atoms with Crippen LogP contribution in [-0.2, 0) is 0 Å². The summed E-state index contributed by atoms with van der Waals surface area (Å²) in [7, 11) is 0. The lowest BCUT2D eigenvalue weighted by atomic mass is 9.95. The third-order valence-corrected chi connectivity index (χ3v) is 4.19. The van der Waals surface area contributed by atoms with Crippen LogP contribution < -0.4 is 15.4 Å². The van der Waals surface area contributed by atoms with E-state index in [0.29, 0.717) is 18.0 Å². The molecule has 0 atom stereocenters. The number of ether oxygens (including phenoxy) is 1. The summed E-state index contributed by atoms with van der Waals surface area (Å²) in [5, 5.41) is 16.1. The molecule has 0 saturated heterocycles. The number of carbonyl (C=O) groups is 1. The van der Waals surface area contributed by atoms with Crippen molar-refractivity contribution in [1.29, 1.82) is 0 Å². The highest BCUT2D eigenvalue weighted by atomic mass is 16.5. The molecule has 0 heterocycles. The van der Waals surface area contributed by atoms with Crippen LogP contribution in [0.5, 0.6) is 5.75 Å². The summed E-state index contributed by atoms with van der Waals surface area (Å²) >= 11 is 0. The van der Waals surface area contributed by atoms with Gasteiger partial charge in [-0.25, -0.2) is 4.79 Å². The van der Waals surface area contributed by atoms with Crippen LogP contribution in [0.15, 0.2) is 36.4 Å². The Morgan fingerprint density at radius 2 is 2.00 bits per heavy atom. The highest BCUT2D eigenvalue weighted by Crippen LogP contribution is 2.26. The van der Waals surface area contributed by atoms with E-state index in [-0.39, 0.29) is 12.6 Å². The Bertz CT molecular complexity index is 563. The number of hydrogen-bond donors (Lipinski definition) is 3. The van der Waals surface area contributed by atoms with E-state index in [9.17, 15) is 9.90 Å². The molecular weight excluding hydrogens is 304 g/mol. The second-order valence-corrected chi connectivity index (χ2v) is 6.72. The largest absolute Gasteiger partial charge is 0.489 e. The second-order valence-electron chi connectivity index (χ2n) is 6.72. The zero-order valence-corrected chi connectivity index (χ0v) is 14.4. The minimum atomic E-state index is -0.777. The van der Waals surface area contributed by atoms with Crippen molar-refractivity contribution in [2.75, 3.05) is 18.5 Å². The van der Waals surface area contributed by atoms with Crippen molar-refractivity contribution in [3.05, 3.63) is 36.4 Å². The average molecular weight is 332 g/mol. The molecule has 3 N–H and O–H groups in total. The number of nitrogens with one attached hydrogen (secondary N) is 2. The van der Waals surface area contributed by atoms with Crippen LogP contribution in [0.1, 0.15) is 45.4 Å². The number of hydrogen-bond acceptors (Lipinski definition) is 3. The summed E-state index contributed by atoms with van der Waals surface area (Å²) in [5.74, 6) is 0.679. The molecule has 132 valence electrons. The van der Waals surface area contributed by atoms with Gasteiger partial charge < -0.3 is 20.5 Å². The fourth-order valence-electron chi connectivity index (χ4n) is 2.85. The Labute approximate surface area is 144 Å². The molecule has 1 aliphatic carbocycles. The summed E-state index contributed by atoms with van der Waals surface area (Å²) in [6.45, 7) is 6.42. The molecule has 1 saturated carbocycles. The van der Waals surface area contributed by atoms with E-state index in [0.717, 1.165) is 44.1 Å². The van der Waals surface area contributed by atoms with Crippen molar-refractivity contribution >= 4 is 11.7 Å². The van der Waals surface area contributed by atoms with Gasteiger partial charge in [-0.3, -0.25) is 0 Å². The third-order valence-electron chi connectivity index (χ3n) is 4.19. The van der Waals surface area contributed by atoms with Crippen LogP contribution in [0.25, 0.3) is 0 Å². The van der Waals surface area contributed by atoms with Crippen LogP contribution in [0.4, 0.5) is 10.5 Å². The molecule has 0 spiro atoms. The summed E-state index contributed by atoms with van der Waals surface area (Å²) in [6, 6.07) is 6.91. The maximum Gasteiger partial charge on any atom is 0.319 e. The zero-order chi connectivity index (χ0) is 17.4. The van der Waals surface area contributed by atoms with Crippen molar-refractivity contribution in [3.8, 4) is 5.75 Å². The van der Waals surface area contributed by atoms with Crippen molar-refractivity contribution < 1.29 is 14.6 Å². The first-order valence-corrected chi connectivity index (χ1v) is 8.61. The van der Waals surface area contributed by atoms with Gasteiger partial charge in [0.05, 0.1) is 5.60 Å². The van der Waals surface area contributed by atoms with Crippen LogP contribution in [-0.4, -0.2) is 29.9 Å². The summed E-state index contributed by atoms with van der Waals surface area (Å²) in [5.41, 5.74) is 0.808. The first-order chi connectivity index (χ1) is 11.5. The molecule has 0 bridgehead atoms. The van der Waals surface area contributed by atoms with Gasteiger partial charge in [-0.05, 0) is 37.5 Å². The van der Waals surface area contributed by atoms with Crippen LogP contribution in [0.3, 0.4) is 0 Å². The lowest BCUT2D eigenvalue weighted by Gasteiger charge is -2.26. The van der Waals surface area contributed by atoms with Gasteiger partial charge in [0.25, 0.3) is 0 Å². The standard InChI is InChI=1S/C19H28N2O3/c1-15(2)13-24-17-9-7-8-16(12-17)21-18(22)20-14-19(23)10-5-3-4-6-11-19/h7-9,12,23H,1,3-6,10-11,13-14H2,2H3,(H2,20,21,22). The molecule has 2 rings (SSSR count). The Kier molecular flexibility index (Phi) is 6.67. The minimum absolute atomic E-state index is 0.282. The minimum Gasteiger partial charge on any atom is -0.489 e. The molecular formula is C19H28N2O3. The zero-order valence-electron chi connectivity index (χ0n) is 14.4. The molecule has 0 aliphatic heterocycles. The Hall–Kier alpha value is -2.01. The summed E-state index contributed by atoms with van der Waals surface area (Å²) < 4.78 is 5.56. The summed E-state index contributed by atoms with van der Waals surface area (Å²) in [6.07, 6.45) is 5.84. The van der Waals surface area contributed by atoms with Crippen molar-refractivity contribution in [1.82, 2.24) is 5.32 Å². The van der Waals surface area contributed by atoms with Crippen molar-refractivity contribution in [2.24, 2.45) is 0 Å². The molecule has 1 aliphatic rings. The number of rotatable bonds is 6. The van der Waals surface area contributed by atoms with Crippen LogP contribution in [0.2, 0.25) is 0 Å². The number of urea groups is 1. The predicted molar refractivity (Wildman–Crippen MR) is 96.4 cm³/mol. The average Bonchev–Trinajstić information content (AvgIpc) is 2.77. The van der Waals surface area contributed by atoms with Gasteiger partial charge in [0.2, 0.25) is 0 Å². The molecule has 5 nitrogen and oxygen atoms in total. The highest BCUT2D eigenvalue weighted by Gasteiger charge is 2.28. The van der Waals surface area contributed by atoms with E-state index in [1.807, 2.05) is 19.1 Å². The predicted octanol–water partition coefficient (Wildman–Crippen LogP) is 3.85. The molecule has 1 aromatic carbocycles. The van der Waals surface area contributed by atoms with Crippen LogP contribution >= 0.6 is 0 Å². The lowest BCUT2D eigenvalue weighted by molar-refractivity contribution is 0.0281. The highest BCUT2D eigenvalue weighted by molar-refractivity contribution is 5.89. The molecule has 1 aromatic rings. The van der Waals surface area contributed by atoms with E-state index in [1.165, 1.54) is 0 Å². The van der Waals surface area contributed by atoms with Gasteiger partial charge in [0.1, 0.15) is 12.4 Å². The fourth-order valence-corrected chi connectivity index (χ4v) is 2.85. The maximum atomic E-state index is 12.1. The molecule has 0 aromatic heterocycles. The number of aliphatic hydroxyl groups is 1. The molecule has 0 radical (unpaired) electrons. The van der Waals surface area contributed by atoms with Gasteiger partial charge in [-0.1, -0.05) is 38.3 Å². The molecule has 1 fully saturated rings. The van der Waals surface area contributed by atoms with Crippen molar-refractivity contribution in [2.45, 2.75) is 51.0 Å². The van der Waals surface area contributed by atoms with Gasteiger partial charge in [0.15, 0.2) is 0 Å². The first-order valence-electron chi connectivity index (χ1n) is 8.61. The first kappa shape index (κ1) is 18.3. The number of anilines is 1. The molecule has 5 heteroatoms. The van der Waals surface area contributed by atoms with Crippen LogP contribution in [0, 0.1) is 0 Å². The number of amides is 2. The van der Waals surface area contributed by atoms with Gasteiger partial charge in [0, 0.05) is 18.3 Å². The van der Waals surface area contributed by atoms with E-state index in [1.54, 1.807) is 12.1 Å². The number of carbonyl (C=O) groups excluding carboxylic acids is 1. The van der Waals surface area contributed by atoms with E-state index in [2.05, 4.69) is 17.2 Å². The quantitative estimate of drug-likeness (QED) is 0.547. The van der Waals surface area contributed by atoms with Gasteiger partial charge in [-0.2, -0.15) is 0 Å².